The molecule has 1 aliphatic heterocycles. The summed E-state index contributed by atoms with van der Waals surface area (Å²) in [5.74, 6) is -0.269. The average Bonchev–Trinajstić information content (AvgIpc) is 2.89. The van der Waals surface area contributed by atoms with Crippen molar-refractivity contribution in [2.45, 2.75) is 6.92 Å². The van der Waals surface area contributed by atoms with Gasteiger partial charge in [0.05, 0.1) is 12.0 Å². The lowest BCUT2D eigenvalue weighted by Gasteiger charge is -2.09. The van der Waals surface area contributed by atoms with Crippen LogP contribution in [0, 0.1) is 0 Å². The van der Waals surface area contributed by atoms with Crippen molar-refractivity contribution in [3.63, 3.8) is 0 Å². The summed E-state index contributed by atoms with van der Waals surface area (Å²) in [4.78, 5) is 23.0. The van der Waals surface area contributed by atoms with E-state index in [1.165, 1.54) is 18.9 Å². The van der Waals surface area contributed by atoms with Crippen LogP contribution in [0.5, 0.6) is 11.5 Å². The maximum absolute atomic E-state index is 11.8. The number of amides is 1. The fourth-order valence-corrected chi connectivity index (χ4v) is 2.96. The van der Waals surface area contributed by atoms with Gasteiger partial charge >= 0.3 is 5.97 Å². The predicted octanol–water partition coefficient (Wildman–Crippen LogP) is 2.59. The Kier molecular flexibility index (Phi) is 5.99. The molecule has 1 aromatic carbocycles. The molecule has 0 unspecified atom stereocenters. The van der Waals surface area contributed by atoms with Gasteiger partial charge in [-0.25, -0.2) is 4.79 Å². The molecule has 24 heavy (non-hydrogen) atoms. The Hall–Kier alpha value is -2.32. The number of allylic oxidation sites excluding steroid dienone is 2. The van der Waals surface area contributed by atoms with Crippen LogP contribution >= 0.6 is 24.0 Å². The highest BCUT2D eigenvalue weighted by Crippen LogP contribution is 2.29. The van der Waals surface area contributed by atoms with Gasteiger partial charge in [0, 0.05) is 5.56 Å². The van der Waals surface area contributed by atoms with Crippen LogP contribution in [0.2, 0.25) is 0 Å². The van der Waals surface area contributed by atoms with E-state index in [4.69, 9.17) is 26.8 Å². The first-order valence-electron chi connectivity index (χ1n) is 6.85. The summed E-state index contributed by atoms with van der Waals surface area (Å²) in [5, 5.41) is 11.3. The van der Waals surface area contributed by atoms with E-state index in [0.717, 1.165) is 5.57 Å². The molecule has 2 rings (SSSR count). The summed E-state index contributed by atoms with van der Waals surface area (Å²) >= 11 is 6.17. The number of hydrogen-bond acceptors (Lipinski definition) is 6. The van der Waals surface area contributed by atoms with Gasteiger partial charge in [-0.05, 0) is 30.7 Å². The molecule has 1 aliphatic rings. The highest BCUT2D eigenvalue weighted by Gasteiger charge is 2.23. The highest BCUT2D eigenvalue weighted by atomic mass is 32.2. The van der Waals surface area contributed by atoms with Crippen molar-refractivity contribution < 1.29 is 24.2 Å². The molecule has 0 aromatic heterocycles. The molecular formula is C16H15NO5S2. The third kappa shape index (κ3) is 4.59. The quantitative estimate of drug-likeness (QED) is 0.592. The second-order valence-corrected chi connectivity index (χ2v) is 6.46. The zero-order valence-electron chi connectivity index (χ0n) is 13.0. The van der Waals surface area contributed by atoms with Crippen molar-refractivity contribution in [2.75, 3.05) is 13.7 Å². The maximum atomic E-state index is 11.8. The smallest absolute Gasteiger partial charge is 0.341 e. The maximum Gasteiger partial charge on any atom is 0.341 e. The lowest BCUT2D eigenvalue weighted by molar-refractivity contribution is -0.139. The van der Waals surface area contributed by atoms with Gasteiger partial charge in [-0.3, -0.25) is 4.79 Å². The van der Waals surface area contributed by atoms with Gasteiger partial charge in [-0.1, -0.05) is 36.1 Å². The molecule has 0 radical (unpaired) electrons. The van der Waals surface area contributed by atoms with Crippen LogP contribution in [0.25, 0.3) is 6.08 Å². The number of carbonyl (C=O) groups excluding carboxylic acids is 1. The number of carboxylic acids is 1. The van der Waals surface area contributed by atoms with Crippen molar-refractivity contribution in [1.29, 1.82) is 0 Å². The van der Waals surface area contributed by atoms with Crippen LogP contribution in [-0.4, -0.2) is 35.0 Å². The fraction of sp³-hybridized carbons (Fsp3) is 0.188. The van der Waals surface area contributed by atoms with Crippen LogP contribution < -0.4 is 14.8 Å². The standard InChI is InChI=1S/C16H15NO5S2/c1-9(14-15(20)17-16(23)24-14)3-4-10-7-11(21-2)5-6-12(10)22-8-13(18)19/h3-7H,8H2,1-2H3,(H,18,19)(H,17,20,23)/b4-3+,14-9+. The second-order valence-electron chi connectivity index (χ2n) is 4.78. The summed E-state index contributed by atoms with van der Waals surface area (Å²) < 4.78 is 10.9. The van der Waals surface area contributed by atoms with Crippen LogP contribution in [0.3, 0.4) is 0 Å². The van der Waals surface area contributed by atoms with Gasteiger partial charge in [0.1, 0.15) is 15.8 Å². The van der Waals surface area contributed by atoms with E-state index >= 15 is 0 Å². The Labute approximate surface area is 148 Å². The van der Waals surface area contributed by atoms with Crippen LogP contribution in [0.1, 0.15) is 12.5 Å². The van der Waals surface area contributed by atoms with Crippen molar-refractivity contribution in [3.05, 3.63) is 40.3 Å². The molecule has 1 heterocycles. The molecule has 1 saturated heterocycles. The number of benzene rings is 1. The van der Waals surface area contributed by atoms with Crippen LogP contribution in [0.4, 0.5) is 0 Å². The Morgan fingerprint density at radius 3 is 2.79 bits per heavy atom. The van der Waals surface area contributed by atoms with E-state index in [0.29, 0.717) is 26.3 Å². The van der Waals surface area contributed by atoms with Gasteiger partial charge in [0.25, 0.3) is 5.91 Å². The number of thiocarbonyl (C=S) groups is 1. The molecule has 0 aliphatic carbocycles. The number of carboxylic acid groups (broad SMARTS) is 1. The topological polar surface area (TPSA) is 84.9 Å². The zero-order chi connectivity index (χ0) is 17.7. The minimum absolute atomic E-state index is 0.222. The van der Waals surface area contributed by atoms with E-state index in [1.54, 1.807) is 37.3 Å². The molecule has 126 valence electrons. The van der Waals surface area contributed by atoms with E-state index < -0.39 is 12.6 Å². The van der Waals surface area contributed by atoms with Crippen molar-refractivity contribution in [2.24, 2.45) is 0 Å². The lowest BCUT2D eigenvalue weighted by atomic mass is 10.1. The fourth-order valence-electron chi connectivity index (χ4n) is 1.92. The van der Waals surface area contributed by atoms with E-state index in [-0.39, 0.29) is 5.91 Å². The first-order valence-corrected chi connectivity index (χ1v) is 8.08. The van der Waals surface area contributed by atoms with Crippen molar-refractivity contribution in [1.82, 2.24) is 5.32 Å². The molecule has 2 N–H and O–H groups in total. The monoisotopic (exact) mass is 365 g/mol. The number of thioether (sulfide) groups is 1. The third-order valence-electron chi connectivity index (χ3n) is 3.06. The Balaban J connectivity index is 2.29. The first-order chi connectivity index (χ1) is 11.4. The van der Waals surface area contributed by atoms with Gasteiger partial charge in [-0.2, -0.15) is 0 Å². The number of rotatable bonds is 6. The Bertz CT molecular complexity index is 755. The van der Waals surface area contributed by atoms with Gasteiger partial charge in [-0.15, -0.1) is 0 Å². The molecule has 1 aromatic rings. The normalized spacial score (nSPS) is 16.2. The van der Waals surface area contributed by atoms with Gasteiger partial charge in [0.15, 0.2) is 6.61 Å². The molecule has 0 spiro atoms. The number of ether oxygens (including phenoxy) is 2. The summed E-state index contributed by atoms with van der Waals surface area (Å²) in [6.45, 7) is 1.35. The molecule has 0 bridgehead atoms. The average molecular weight is 365 g/mol. The number of carbonyl (C=O) groups is 2. The van der Waals surface area contributed by atoms with Crippen LogP contribution in [0.15, 0.2) is 34.8 Å². The molecule has 1 amide bonds. The number of hydrogen-bond donors (Lipinski definition) is 2. The summed E-state index contributed by atoms with van der Waals surface area (Å²) in [6.07, 6.45) is 3.48. The molecule has 0 saturated carbocycles. The van der Waals surface area contributed by atoms with Crippen molar-refractivity contribution in [3.8, 4) is 11.5 Å². The summed E-state index contributed by atoms with van der Waals surface area (Å²) in [5.41, 5.74) is 1.38. The third-order valence-corrected chi connectivity index (χ3v) is 4.41. The number of methoxy groups -OCH3 is 1. The van der Waals surface area contributed by atoms with E-state index in [9.17, 15) is 9.59 Å². The van der Waals surface area contributed by atoms with E-state index in [2.05, 4.69) is 5.32 Å². The molecule has 8 heteroatoms. The Morgan fingerprint density at radius 1 is 1.46 bits per heavy atom. The van der Waals surface area contributed by atoms with Crippen molar-refractivity contribution >= 4 is 46.3 Å². The minimum atomic E-state index is -1.06. The largest absolute Gasteiger partial charge is 0.497 e. The highest BCUT2D eigenvalue weighted by molar-refractivity contribution is 8.26. The molecular weight excluding hydrogens is 350 g/mol. The van der Waals surface area contributed by atoms with Gasteiger partial charge < -0.3 is 19.9 Å². The molecule has 1 fully saturated rings. The Morgan fingerprint density at radius 2 is 2.21 bits per heavy atom. The van der Waals surface area contributed by atoms with Gasteiger partial charge in [0.2, 0.25) is 0 Å². The zero-order valence-corrected chi connectivity index (χ0v) is 14.6. The first kappa shape index (κ1) is 18.0. The summed E-state index contributed by atoms with van der Waals surface area (Å²) in [6, 6.07) is 5.03. The molecule has 0 atom stereocenters. The van der Waals surface area contributed by atoms with Crippen LogP contribution in [-0.2, 0) is 9.59 Å². The molecule has 6 nitrogen and oxygen atoms in total. The second kappa shape index (κ2) is 7.98. The predicted molar refractivity (Wildman–Crippen MR) is 96.2 cm³/mol. The van der Waals surface area contributed by atoms with E-state index in [1.807, 2.05) is 0 Å². The number of nitrogens with one attached hydrogen (secondary N) is 1. The SMILES string of the molecule is COc1ccc(OCC(=O)O)c(/C=C/C(C)=C2/SC(=S)NC2=O)c1. The number of aliphatic carboxylic acids is 1. The summed E-state index contributed by atoms with van der Waals surface area (Å²) in [7, 11) is 1.54. The minimum Gasteiger partial charge on any atom is -0.497 e. The lowest BCUT2D eigenvalue weighted by Crippen LogP contribution is -2.18.